The van der Waals surface area contributed by atoms with Crippen molar-refractivity contribution in [2.45, 2.75) is 13.0 Å². The molecule has 0 amide bonds. The van der Waals surface area contributed by atoms with Crippen LogP contribution in [0.4, 0.5) is 11.4 Å². The Balaban J connectivity index is 2.29. The standard InChI is InChI=1S/C13H14N2O4/c1-9(13-4-3-7-19-13)14-11-8-10(18-2)5-6-12(11)15(16)17/h3-9,14H,1-2H3. The van der Waals surface area contributed by atoms with Gasteiger partial charge in [0.25, 0.3) is 5.69 Å². The smallest absolute Gasteiger partial charge is 0.292 e. The molecule has 1 unspecified atom stereocenters. The van der Waals surface area contributed by atoms with E-state index in [1.165, 1.54) is 13.2 Å². The third kappa shape index (κ3) is 2.85. The highest BCUT2D eigenvalue weighted by atomic mass is 16.6. The van der Waals surface area contributed by atoms with E-state index < -0.39 is 4.92 Å². The van der Waals surface area contributed by atoms with Crippen molar-refractivity contribution in [2.75, 3.05) is 12.4 Å². The van der Waals surface area contributed by atoms with Crippen LogP contribution < -0.4 is 10.1 Å². The number of nitrogens with one attached hydrogen (secondary N) is 1. The van der Waals surface area contributed by atoms with Gasteiger partial charge in [-0.3, -0.25) is 10.1 Å². The van der Waals surface area contributed by atoms with Gasteiger partial charge < -0.3 is 14.5 Å². The molecule has 6 nitrogen and oxygen atoms in total. The molecule has 0 aliphatic heterocycles. The Kier molecular flexibility index (Phi) is 3.70. The van der Waals surface area contributed by atoms with Gasteiger partial charge in [-0.2, -0.15) is 0 Å². The monoisotopic (exact) mass is 262 g/mol. The third-order valence-corrected chi connectivity index (χ3v) is 2.74. The molecule has 1 heterocycles. The topological polar surface area (TPSA) is 77.5 Å². The lowest BCUT2D eigenvalue weighted by Gasteiger charge is -2.13. The number of ether oxygens (including phenoxy) is 1. The van der Waals surface area contributed by atoms with E-state index in [-0.39, 0.29) is 11.7 Å². The van der Waals surface area contributed by atoms with Crippen molar-refractivity contribution in [3.8, 4) is 5.75 Å². The van der Waals surface area contributed by atoms with Crippen molar-refractivity contribution < 1.29 is 14.1 Å². The Labute approximate surface area is 110 Å². The summed E-state index contributed by atoms with van der Waals surface area (Å²) in [5.41, 5.74) is 0.396. The summed E-state index contributed by atoms with van der Waals surface area (Å²) in [5, 5.41) is 14.0. The fraction of sp³-hybridized carbons (Fsp3) is 0.231. The number of nitro benzene ring substituents is 1. The number of hydrogen-bond acceptors (Lipinski definition) is 5. The maximum atomic E-state index is 11.0. The molecular weight excluding hydrogens is 248 g/mol. The van der Waals surface area contributed by atoms with Crippen molar-refractivity contribution in [2.24, 2.45) is 0 Å². The molecule has 0 saturated heterocycles. The van der Waals surface area contributed by atoms with E-state index in [0.717, 1.165) is 0 Å². The van der Waals surface area contributed by atoms with Gasteiger partial charge in [0, 0.05) is 12.1 Å². The van der Waals surface area contributed by atoms with Crippen LogP contribution in [-0.2, 0) is 0 Å². The fourth-order valence-corrected chi connectivity index (χ4v) is 1.76. The summed E-state index contributed by atoms with van der Waals surface area (Å²) in [7, 11) is 1.51. The lowest BCUT2D eigenvalue weighted by molar-refractivity contribution is -0.384. The summed E-state index contributed by atoms with van der Waals surface area (Å²) in [6.45, 7) is 1.86. The highest BCUT2D eigenvalue weighted by Gasteiger charge is 2.17. The van der Waals surface area contributed by atoms with Gasteiger partial charge in [-0.05, 0) is 25.1 Å². The molecule has 0 bridgehead atoms. The number of furan rings is 1. The number of anilines is 1. The number of nitrogens with zero attached hydrogens (tertiary/aromatic N) is 1. The molecule has 100 valence electrons. The molecule has 0 spiro atoms. The van der Waals surface area contributed by atoms with Crippen LogP contribution in [0.3, 0.4) is 0 Å². The zero-order chi connectivity index (χ0) is 13.8. The Morgan fingerprint density at radius 3 is 2.79 bits per heavy atom. The Hall–Kier alpha value is -2.50. The molecule has 19 heavy (non-hydrogen) atoms. The van der Waals surface area contributed by atoms with Crippen LogP contribution in [0.5, 0.6) is 5.75 Å². The summed E-state index contributed by atoms with van der Waals surface area (Å²) in [5.74, 6) is 1.26. The molecule has 0 radical (unpaired) electrons. The van der Waals surface area contributed by atoms with E-state index >= 15 is 0 Å². The van der Waals surface area contributed by atoms with Crippen molar-refractivity contribution in [3.63, 3.8) is 0 Å². The van der Waals surface area contributed by atoms with Gasteiger partial charge in [0.15, 0.2) is 0 Å². The minimum absolute atomic E-state index is 0.000735. The Bertz CT molecular complexity index is 566. The summed E-state index contributed by atoms with van der Waals surface area (Å²) in [6, 6.07) is 7.96. The first-order valence-electron chi connectivity index (χ1n) is 5.74. The molecule has 0 aliphatic rings. The Morgan fingerprint density at radius 2 is 2.21 bits per heavy atom. The maximum absolute atomic E-state index is 11.0. The second-order valence-corrected chi connectivity index (χ2v) is 4.02. The lowest BCUT2D eigenvalue weighted by Crippen LogP contribution is -2.07. The van der Waals surface area contributed by atoms with Gasteiger partial charge in [-0.15, -0.1) is 0 Å². The van der Waals surface area contributed by atoms with E-state index in [0.29, 0.717) is 17.2 Å². The summed E-state index contributed by atoms with van der Waals surface area (Å²) < 4.78 is 10.3. The van der Waals surface area contributed by atoms with Crippen LogP contribution in [0, 0.1) is 10.1 Å². The van der Waals surface area contributed by atoms with Crippen LogP contribution in [0.25, 0.3) is 0 Å². The summed E-state index contributed by atoms with van der Waals surface area (Å²) >= 11 is 0. The van der Waals surface area contributed by atoms with Crippen molar-refractivity contribution in [3.05, 3.63) is 52.5 Å². The van der Waals surface area contributed by atoms with E-state index in [9.17, 15) is 10.1 Å². The normalized spacial score (nSPS) is 11.9. The van der Waals surface area contributed by atoms with Gasteiger partial charge in [0.1, 0.15) is 17.2 Å². The molecule has 1 N–H and O–H groups in total. The first kappa shape index (κ1) is 12.9. The molecule has 1 aromatic heterocycles. The van der Waals surface area contributed by atoms with Crippen LogP contribution in [-0.4, -0.2) is 12.0 Å². The van der Waals surface area contributed by atoms with E-state index in [1.807, 2.05) is 13.0 Å². The van der Waals surface area contributed by atoms with E-state index in [4.69, 9.17) is 9.15 Å². The molecule has 0 aliphatic carbocycles. The molecule has 6 heteroatoms. The van der Waals surface area contributed by atoms with E-state index in [2.05, 4.69) is 5.32 Å². The lowest BCUT2D eigenvalue weighted by atomic mass is 10.2. The SMILES string of the molecule is COc1ccc([N+](=O)[O-])c(NC(C)c2ccco2)c1. The zero-order valence-corrected chi connectivity index (χ0v) is 10.6. The van der Waals surface area contributed by atoms with Gasteiger partial charge in [-0.1, -0.05) is 0 Å². The second kappa shape index (κ2) is 5.43. The van der Waals surface area contributed by atoms with Gasteiger partial charge in [0.05, 0.1) is 24.3 Å². The van der Waals surface area contributed by atoms with Crippen molar-refractivity contribution in [1.29, 1.82) is 0 Å². The average molecular weight is 262 g/mol. The predicted molar refractivity (Wildman–Crippen MR) is 70.4 cm³/mol. The van der Waals surface area contributed by atoms with Gasteiger partial charge in [-0.25, -0.2) is 0 Å². The summed E-state index contributed by atoms with van der Waals surface area (Å²) in [4.78, 5) is 10.6. The van der Waals surface area contributed by atoms with Crippen molar-refractivity contribution in [1.82, 2.24) is 0 Å². The Morgan fingerprint density at radius 1 is 1.42 bits per heavy atom. The number of benzene rings is 1. The molecule has 0 saturated carbocycles. The molecule has 0 fully saturated rings. The number of hydrogen-bond donors (Lipinski definition) is 1. The maximum Gasteiger partial charge on any atom is 0.292 e. The highest BCUT2D eigenvalue weighted by molar-refractivity contribution is 5.64. The minimum Gasteiger partial charge on any atom is -0.497 e. The van der Waals surface area contributed by atoms with Crippen LogP contribution in [0.15, 0.2) is 41.0 Å². The fourth-order valence-electron chi connectivity index (χ4n) is 1.76. The van der Waals surface area contributed by atoms with Gasteiger partial charge in [0.2, 0.25) is 0 Å². The molecular formula is C13H14N2O4. The first-order chi connectivity index (χ1) is 9.11. The first-order valence-corrected chi connectivity index (χ1v) is 5.74. The average Bonchev–Trinajstić information content (AvgIpc) is 2.92. The number of methoxy groups -OCH3 is 1. The highest BCUT2D eigenvalue weighted by Crippen LogP contribution is 2.31. The molecule has 1 atom stereocenters. The largest absolute Gasteiger partial charge is 0.497 e. The predicted octanol–water partition coefficient (Wildman–Crippen LogP) is 3.37. The van der Waals surface area contributed by atoms with Crippen LogP contribution in [0.1, 0.15) is 18.7 Å². The third-order valence-electron chi connectivity index (χ3n) is 2.74. The van der Waals surface area contributed by atoms with E-state index in [1.54, 1.807) is 24.5 Å². The second-order valence-electron chi connectivity index (χ2n) is 4.02. The van der Waals surface area contributed by atoms with Crippen LogP contribution in [0.2, 0.25) is 0 Å². The quantitative estimate of drug-likeness (QED) is 0.660. The number of rotatable bonds is 5. The van der Waals surface area contributed by atoms with Gasteiger partial charge >= 0.3 is 0 Å². The minimum atomic E-state index is -0.434. The zero-order valence-electron chi connectivity index (χ0n) is 10.6. The molecule has 1 aromatic carbocycles. The number of nitro groups is 1. The molecule has 2 aromatic rings. The van der Waals surface area contributed by atoms with Crippen LogP contribution >= 0.6 is 0 Å². The summed E-state index contributed by atoms with van der Waals surface area (Å²) in [6.07, 6.45) is 1.56. The van der Waals surface area contributed by atoms with Crippen molar-refractivity contribution >= 4 is 11.4 Å². The molecule has 2 rings (SSSR count).